The highest BCUT2D eigenvalue weighted by Gasteiger charge is 2.18. The van der Waals surface area contributed by atoms with Crippen LogP contribution < -0.4 is 0 Å². The molecule has 160 valence electrons. The van der Waals surface area contributed by atoms with Gasteiger partial charge in [0.25, 0.3) is 0 Å². The van der Waals surface area contributed by atoms with Gasteiger partial charge in [-0.2, -0.15) is 5.26 Å². The first kappa shape index (κ1) is 20.2. The number of aromatic amines is 1. The largest absolute Gasteiger partial charge is 0.508 e. The lowest BCUT2D eigenvalue weighted by Crippen LogP contribution is -2.19. The summed E-state index contributed by atoms with van der Waals surface area (Å²) in [5, 5.41) is 20.9. The van der Waals surface area contributed by atoms with E-state index < -0.39 is 0 Å². The zero-order valence-corrected chi connectivity index (χ0v) is 18.2. The van der Waals surface area contributed by atoms with Crippen molar-refractivity contribution in [1.29, 1.82) is 5.26 Å². The molecule has 0 unspecified atom stereocenters. The normalized spacial score (nSPS) is 14.2. The van der Waals surface area contributed by atoms with Crippen molar-refractivity contribution in [1.82, 2.24) is 24.8 Å². The predicted octanol–water partition coefficient (Wildman–Crippen LogP) is 4.48. The van der Waals surface area contributed by atoms with Crippen LogP contribution in [0.25, 0.3) is 33.4 Å². The maximum Gasteiger partial charge on any atom is 0.142 e. The van der Waals surface area contributed by atoms with E-state index in [0.29, 0.717) is 16.8 Å². The number of aromatic nitrogens is 4. The van der Waals surface area contributed by atoms with Crippen molar-refractivity contribution in [2.24, 2.45) is 0 Å². The van der Waals surface area contributed by atoms with Gasteiger partial charge in [0.1, 0.15) is 23.3 Å². The van der Waals surface area contributed by atoms with E-state index >= 15 is 0 Å². The maximum absolute atomic E-state index is 10.2. The highest BCUT2D eigenvalue weighted by Crippen LogP contribution is 2.37. The van der Waals surface area contributed by atoms with E-state index in [1.165, 1.54) is 12.8 Å². The minimum atomic E-state index is 0.204. The molecule has 3 aromatic heterocycles. The second kappa shape index (κ2) is 8.06. The quantitative estimate of drug-likeness (QED) is 0.501. The number of phenolic OH excluding ortho intramolecular Hbond substituents is 1. The lowest BCUT2D eigenvalue weighted by Gasteiger charge is -2.13. The molecule has 32 heavy (non-hydrogen) atoms. The fraction of sp³-hybridized carbons (Fsp3) is 0.280. The molecule has 2 N–H and O–H groups in total. The lowest BCUT2D eigenvalue weighted by molar-refractivity contribution is 0.322. The molecule has 0 amide bonds. The minimum Gasteiger partial charge on any atom is -0.508 e. The number of nitrogens with zero attached hydrogens (tertiary/aromatic N) is 5. The van der Waals surface area contributed by atoms with Crippen molar-refractivity contribution < 1.29 is 5.11 Å². The van der Waals surface area contributed by atoms with Gasteiger partial charge in [-0.3, -0.25) is 4.90 Å². The Balaban J connectivity index is 1.54. The number of H-pyrrole nitrogens is 1. The van der Waals surface area contributed by atoms with E-state index in [4.69, 9.17) is 0 Å². The second-order valence-electron chi connectivity index (χ2n) is 8.38. The number of fused-ring (bicyclic) bond motifs is 1. The van der Waals surface area contributed by atoms with E-state index in [0.717, 1.165) is 58.8 Å². The Kier molecular flexibility index (Phi) is 5.08. The minimum absolute atomic E-state index is 0.204. The molecular formula is C25H24N6O. The van der Waals surface area contributed by atoms with Crippen LogP contribution in [0.2, 0.25) is 0 Å². The average molecular weight is 425 g/mol. The fourth-order valence-corrected chi connectivity index (χ4v) is 4.51. The Morgan fingerprint density at radius 2 is 1.84 bits per heavy atom. The summed E-state index contributed by atoms with van der Waals surface area (Å²) >= 11 is 0. The first-order chi connectivity index (χ1) is 15.5. The summed E-state index contributed by atoms with van der Waals surface area (Å²) in [6, 6.07) is 7.80. The van der Waals surface area contributed by atoms with Gasteiger partial charge in [0.15, 0.2) is 0 Å². The zero-order chi connectivity index (χ0) is 22.2. The van der Waals surface area contributed by atoms with Crippen molar-refractivity contribution in [3.63, 3.8) is 0 Å². The third-order valence-electron chi connectivity index (χ3n) is 6.26. The second-order valence-corrected chi connectivity index (χ2v) is 8.38. The maximum atomic E-state index is 10.2. The standard InChI is InChI=1S/C25H24N6O/c1-15-5-6-22(32)16(2)24(15)20-13-29-25-18(19(20)10-26)9-21(30-25)17-11-27-23(28-12-17)14-31-7-3-4-8-31/h5-6,9,11-13,32H,3-4,7-8,14H2,1-2H3,(H,29,30). The van der Waals surface area contributed by atoms with Gasteiger partial charge in [-0.15, -0.1) is 0 Å². The summed E-state index contributed by atoms with van der Waals surface area (Å²) in [5.41, 5.74) is 6.11. The van der Waals surface area contributed by atoms with Gasteiger partial charge in [-0.25, -0.2) is 15.0 Å². The molecule has 0 saturated carbocycles. The van der Waals surface area contributed by atoms with Crippen molar-refractivity contribution in [2.75, 3.05) is 13.1 Å². The van der Waals surface area contributed by atoms with Crippen LogP contribution in [0.4, 0.5) is 0 Å². The molecule has 0 atom stereocenters. The number of pyridine rings is 1. The monoisotopic (exact) mass is 424 g/mol. The van der Waals surface area contributed by atoms with Gasteiger partial charge in [0, 0.05) is 35.1 Å². The molecule has 1 aliphatic rings. The molecule has 1 saturated heterocycles. The molecule has 5 rings (SSSR count). The summed E-state index contributed by atoms with van der Waals surface area (Å²) < 4.78 is 0. The van der Waals surface area contributed by atoms with Crippen LogP contribution in [0.1, 0.15) is 35.4 Å². The van der Waals surface area contributed by atoms with Crippen LogP contribution in [0.15, 0.2) is 36.8 Å². The number of hydrogen-bond acceptors (Lipinski definition) is 6. The lowest BCUT2D eigenvalue weighted by atomic mass is 9.92. The Bertz CT molecular complexity index is 1340. The highest BCUT2D eigenvalue weighted by molar-refractivity contribution is 5.94. The zero-order valence-electron chi connectivity index (χ0n) is 18.2. The van der Waals surface area contributed by atoms with Crippen LogP contribution in [0, 0.1) is 25.2 Å². The van der Waals surface area contributed by atoms with E-state index in [1.807, 2.05) is 38.4 Å². The van der Waals surface area contributed by atoms with Crippen LogP contribution in [0.5, 0.6) is 5.75 Å². The number of hydrogen-bond donors (Lipinski definition) is 2. The Hall–Kier alpha value is -3.76. The van der Waals surface area contributed by atoms with Crippen molar-refractivity contribution in [2.45, 2.75) is 33.2 Å². The number of likely N-dealkylation sites (tertiary alicyclic amines) is 1. The van der Waals surface area contributed by atoms with Crippen molar-refractivity contribution in [3.05, 3.63) is 59.3 Å². The summed E-state index contributed by atoms with van der Waals surface area (Å²) in [4.78, 5) is 19.3. The third-order valence-corrected chi connectivity index (χ3v) is 6.26. The van der Waals surface area contributed by atoms with Crippen LogP contribution in [-0.2, 0) is 6.54 Å². The number of rotatable bonds is 4. The number of benzene rings is 1. The topological polar surface area (TPSA) is 102 Å². The van der Waals surface area contributed by atoms with Gasteiger partial charge >= 0.3 is 0 Å². The van der Waals surface area contributed by atoms with Crippen LogP contribution in [0.3, 0.4) is 0 Å². The number of nitriles is 1. The molecule has 7 nitrogen and oxygen atoms in total. The van der Waals surface area contributed by atoms with E-state index in [9.17, 15) is 10.4 Å². The summed E-state index contributed by atoms with van der Waals surface area (Å²) in [7, 11) is 0. The smallest absolute Gasteiger partial charge is 0.142 e. The summed E-state index contributed by atoms with van der Waals surface area (Å²) in [6.07, 6.45) is 7.82. The number of aromatic hydroxyl groups is 1. The molecule has 0 radical (unpaired) electrons. The Labute approximate surface area is 186 Å². The van der Waals surface area contributed by atoms with E-state index in [-0.39, 0.29) is 5.75 Å². The van der Waals surface area contributed by atoms with E-state index in [1.54, 1.807) is 12.3 Å². The molecular weight excluding hydrogens is 400 g/mol. The molecule has 4 aromatic rings. The van der Waals surface area contributed by atoms with Crippen LogP contribution >= 0.6 is 0 Å². The molecule has 7 heteroatoms. The van der Waals surface area contributed by atoms with Crippen molar-refractivity contribution in [3.8, 4) is 34.2 Å². The van der Waals surface area contributed by atoms with Crippen molar-refractivity contribution >= 4 is 11.0 Å². The first-order valence-electron chi connectivity index (χ1n) is 10.8. The molecule has 0 spiro atoms. The fourth-order valence-electron chi connectivity index (χ4n) is 4.51. The number of phenols is 1. The molecule has 0 aliphatic carbocycles. The molecule has 1 fully saturated rings. The Morgan fingerprint density at radius 3 is 2.56 bits per heavy atom. The van der Waals surface area contributed by atoms with Gasteiger partial charge in [0.2, 0.25) is 0 Å². The van der Waals surface area contributed by atoms with Gasteiger partial charge in [-0.05, 0) is 68.6 Å². The third kappa shape index (κ3) is 3.49. The highest BCUT2D eigenvalue weighted by atomic mass is 16.3. The van der Waals surface area contributed by atoms with Crippen LogP contribution in [-0.4, -0.2) is 43.0 Å². The molecule has 1 aromatic carbocycles. The first-order valence-corrected chi connectivity index (χ1v) is 10.8. The SMILES string of the molecule is Cc1ccc(O)c(C)c1-c1cnc2[nH]c(-c3cnc(CN4CCCC4)nc3)cc2c1C#N. The molecule has 1 aliphatic heterocycles. The molecule has 0 bridgehead atoms. The Morgan fingerprint density at radius 1 is 1.09 bits per heavy atom. The number of aryl methyl sites for hydroxylation is 1. The average Bonchev–Trinajstić information content (AvgIpc) is 3.47. The summed E-state index contributed by atoms with van der Waals surface area (Å²) in [6.45, 7) is 6.81. The predicted molar refractivity (Wildman–Crippen MR) is 123 cm³/mol. The van der Waals surface area contributed by atoms with Gasteiger partial charge in [-0.1, -0.05) is 6.07 Å². The number of nitrogens with one attached hydrogen (secondary N) is 1. The van der Waals surface area contributed by atoms with Gasteiger partial charge in [0.05, 0.1) is 17.8 Å². The van der Waals surface area contributed by atoms with Gasteiger partial charge < -0.3 is 10.1 Å². The summed E-state index contributed by atoms with van der Waals surface area (Å²) in [5.74, 6) is 1.02. The van der Waals surface area contributed by atoms with E-state index in [2.05, 4.69) is 30.9 Å². The molecule has 4 heterocycles.